The minimum Gasteiger partial charge on any atom is -0.398 e. The number of nitrogens with zero attached hydrogens (tertiary/aromatic N) is 1. The van der Waals surface area contributed by atoms with Crippen LogP contribution in [0.15, 0.2) is 18.3 Å². The van der Waals surface area contributed by atoms with E-state index in [1.165, 1.54) is 6.92 Å². The van der Waals surface area contributed by atoms with Gasteiger partial charge in [0.05, 0.1) is 11.7 Å². The maximum absolute atomic E-state index is 11.1. The summed E-state index contributed by atoms with van der Waals surface area (Å²) in [6.45, 7) is 1.49. The van der Waals surface area contributed by atoms with E-state index >= 15 is 0 Å². The molecule has 0 aliphatic carbocycles. The average Bonchev–Trinajstić information content (AvgIpc) is 2.48. The number of carbonyl (C=O) groups excluding carboxylic acids is 1. The Hall–Kier alpha value is -1.84. The SMILES string of the molecule is CC(=O)c1cc2[nH]ncc2cc1N. The molecule has 0 bridgehead atoms. The second-order valence-electron chi connectivity index (χ2n) is 2.95. The molecule has 3 N–H and O–H groups in total. The normalized spacial score (nSPS) is 10.5. The van der Waals surface area contributed by atoms with Crippen molar-refractivity contribution >= 4 is 22.4 Å². The van der Waals surface area contributed by atoms with E-state index in [0.29, 0.717) is 11.3 Å². The Morgan fingerprint density at radius 3 is 3.00 bits per heavy atom. The van der Waals surface area contributed by atoms with E-state index in [1.807, 2.05) is 0 Å². The third-order valence-electron chi connectivity index (χ3n) is 1.99. The van der Waals surface area contributed by atoms with E-state index in [-0.39, 0.29) is 5.78 Å². The molecular formula is C9H9N3O. The molecule has 0 aliphatic rings. The topological polar surface area (TPSA) is 71.8 Å². The van der Waals surface area contributed by atoms with Crippen LogP contribution in [-0.4, -0.2) is 16.0 Å². The number of aromatic amines is 1. The number of aromatic nitrogens is 2. The molecule has 13 heavy (non-hydrogen) atoms. The maximum Gasteiger partial charge on any atom is 0.161 e. The van der Waals surface area contributed by atoms with Crippen molar-refractivity contribution in [1.82, 2.24) is 10.2 Å². The molecule has 4 heteroatoms. The molecule has 1 aromatic heterocycles. The Morgan fingerprint density at radius 1 is 1.54 bits per heavy atom. The van der Waals surface area contributed by atoms with E-state index in [4.69, 9.17) is 5.73 Å². The van der Waals surface area contributed by atoms with Crippen LogP contribution in [0, 0.1) is 0 Å². The third kappa shape index (κ3) is 1.16. The number of benzene rings is 1. The highest BCUT2D eigenvalue weighted by Crippen LogP contribution is 2.20. The fourth-order valence-corrected chi connectivity index (χ4v) is 1.31. The molecular weight excluding hydrogens is 166 g/mol. The second-order valence-corrected chi connectivity index (χ2v) is 2.95. The average molecular weight is 175 g/mol. The molecule has 1 heterocycles. The van der Waals surface area contributed by atoms with Crippen LogP contribution in [0.3, 0.4) is 0 Å². The van der Waals surface area contributed by atoms with Gasteiger partial charge in [-0.2, -0.15) is 5.10 Å². The third-order valence-corrected chi connectivity index (χ3v) is 1.99. The number of carbonyl (C=O) groups is 1. The smallest absolute Gasteiger partial charge is 0.161 e. The van der Waals surface area contributed by atoms with Gasteiger partial charge in [-0.25, -0.2) is 0 Å². The first-order valence-corrected chi connectivity index (χ1v) is 3.92. The van der Waals surface area contributed by atoms with E-state index < -0.39 is 0 Å². The number of fused-ring (bicyclic) bond motifs is 1. The predicted octanol–water partition coefficient (Wildman–Crippen LogP) is 1.35. The first kappa shape index (κ1) is 7.79. The zero-order chi connectivity index (χ0) is 9.42. The number of nitrogens with one attached hydrogen (secondary N) is 1. The number of hydrogen-bond donors (Lipinski definition) is 2. The monoisotopic (exact) mass is 175 g/mol. The summed E-state index contributed by atoms with van der Waals surface area (Å²) < 4.78 is 0. The van der Waals surface area contributed by atoms with Crippen LogP contribution in [0.4, 0.5) is 5.69 Å². The number of H-pyrrole nitrogens is 1. The molecule has 0 amide bonds. The van der Waals surface area contributed by atoms with E-state index in [1.54, 1.807) is 18.3 Å². The molecule has 2 aromatic rings. The lowest BCUT2D eigenvalue weighted by molar-refractivity contribution is 0.101. The lowest BCUT2D eigenvalue weighted by Crippen LogP contribution is -1.98. The van der Waals surface area contributed by atoms with Gasteiger partial charge >= 0.3 is 0 Å². The minimum absolute atomic E-state index is 0.0333. The highest BCUT2D eigenvalue weighted by atomic mass is 16.1. The number of ketones is 1. The van der Waals surface area contributed by atoms with Crippen LogP contribution >= 0.6 is 0 Å². The molecule has 66 valence electrons. The summed E-state index contributed by atoms with van der Waals surface area (Å²) >= 11 is 0. The number of rotatable bonds is 1. The molecule has 0 spiro atoms. The van der Waals surface area contributed by atoms with Gasteiger partial charge in [0.1, 0.15) is 0 Å². The zero-order valence-corrected chi connectivity index (χ0v) is 7.16. The molecule has 4 nitrogen and oxygen atoms in total. The first-order chi connectivity index (χ1) is 6.18. The van der Waals surface area contributed by atoms with Crippen LogP contribution < -0.4 is 5.73 Å². The van der Waals surface area contributed by atoms with Gasteiger partial charge in [-0.15, -0.1) is 0 Å². The molecule has 0 radical (unpaired) electrons. The summed E-state index contributed by atoms with van der Waals surface area (Å²) in [5.41, 5.74) is 7.56. The van der Waals surface area contributed by atoms with Crippen molar-refractivity contribution in [2.75, 3.05) is 5.73 Å². The van der Waals surface area contributed by atoms with Gasteiger partial charge in [0.15, 0.2) is 5.78 Å². The molecule has 0 saturated heterocycles. The summed E-state index contributed by atoms with van der Waals surface area (Å²) in [6.07, 6.45) is 1.68. The molecule has 0 aliphatic heterocycles. The Labute approximate surface area is 74.7 Å². The Bertz CT molecular complexity index is 473. The molecule has 0 saturated carbocycles. The van der Waals surface area contributed by atoms with E-state index in [0.717, 1.165) is 10.9 Å². The Balaban J connectivity index is 2.76. The number of nitrogen functional groups attached to an aromatic ring is 1. The molecule has 0 atom stereocenters. The van der Waals surface area contributed by atoms with Crippen molar-refractivity contribution in [3.05, 3.63) is 23.9 Å². The van der Waals surface area contributed by atoms with Gasteiger partial charge in [0, 0.05) is 16.6 Å². The van der Waals surface area contributed by atoms with Crippen molar-refractivity contribution in [2.45, 2.75) is 6.92 Å². The van der Waals surface area contributed by atoms with Crippen LogP contribution in [-0.2, 0) is 0 Å². The number of hydrogen-bond acceptors (Lipinski definition) is 3. The summed E-state index contributed by atoms with van der Waals surface area (Å²) in [6, 6.07) is 3.47. The van der Waals surface area contributed by atoms with Gasteiger partial charge in [-0.05, 0) is 19.1 Å². The van der Waals surface area contributed by atoms with Gasteiger partial charge < -0.3 is 5.73 Å². The summed E-state index contributed by atoms with van der Waals surface area (Å²) in [5, 5.41) is 7.55. The van der Waals surface area contributed by atoms with E-state index in [9.17, 15) is 4.79 Å². The fraction of sp³-hybridized carbons (Fsp3) is 0.111. The van der Waals surface area contributed by atoms with Crippen molar-refractivity contribution in [3.63, 3.8) is 0 Å². The van der Waals surface area contributed by atoms with Gasteiger partial charge in [-0.3, -0.25) is 9.89 Å². The zero-order valence-electron chi connectivity index (χ0n) is 7.16. The molecule has 0 fully saturated rings. The predicted molar refractivity (Wildman–Crippen MR) is 50.5 cm³/mol. The lowest BCUT2D eigenvalue weighted by Gasteiger charge is -2.00. The van der Waals surface area contributed by atoms with Crippen LogP contribution in [0.1, 0.15) is 17.3 Å². The molecule has 2 rings (SSSR count). The van der Waals surface area contributed by atoms with Crippen molar-refractivity contribution in [1.29, 1.82) is 0 Å². The standard InChI is InChI=1S/C9H9N3O/c1-5(13)7-3-9-6(2-8(7)10)4-11-12-9/h2-4H,10H2,1H3,(H,11,12). The highest BCUT2D eigenvalue weighted by Gasteiger charge is 2.06. The number of anilines is 1. The number of Topliss-reactive ketones (excluding diaryl/α,β-unsaturated/α-hetero) is 1. The Kier molecular flexibility index (Phi) is 1.55. The second kappa shape index (κ2) is 2.58. The maximum atomic E-state index is 11.1. The van der Waals surface area contributed by atoms with Crippen LogP contribution in [0.2, 0.25) is 0 Å². The van der Waals surface area contributed by atoms with Gasteiger partial charge in [-0.1, -0.05) is 0 Å². The largest absolute Gasteiger partial charge is 0.398 e. The van der Waals surface area contributed by atoms with Gasteiger partial charge in [0.25, 0.3) is 0 Å². The number of nitrogens with two attached hydrogens (primary N) is 1. The van der Waals surface area contributed by atoms with Crippen molar-refractivity contribution in [2.24, 2.45) is 0 Å². The molecule has 0 unspecified atom stereocenters. The lowest BCUT2D eigenvalue weighted by atomic mass is 10.1. The highest BCUT2D eigenvalue weighted by molar-refractivity contribution is 6.03. The fourth-order valence-electron chi connectivity index (χ4n) is 1.31. The summed E-state index contributed by atoms with van der Waals surface area (Å²) in [4.78, 5) is 11.1. The Morgan fingerprint density at radius 2 is 2.31 bits per heavy atom. The van der Waals surface area contributed by atoms with Crippen molar-refractivity contribution in [3.8, 4) is 0 Å². The van der Waals surface area contributed by atoms with Crippen molar-refractivity contribution < 1.29 is 4.79 Å². The van der Waals surface area contributed by atoms with Gasteiger partial charge in [0.2, 0.25) is 0 Å². The summed E-state index contributed by atoms with van der Waals surface area (Å²) in [5.74, 6) is -0.0333. The minimum atomic E-state index is -0.0333. The summed E-state index contributed by atoms with van der Waals surface area (Å²) in [7, 11) is 0. The van der Waals surface area contributed by atoms with Crippen LogP contribution in [0.25, 0.3) is 10.9 Å². The first-order valence-electron chi connectivity index (χ1n) is 3.92. The van der Waals surface area contributed by atoms with E-state index in [2.05, 4.69) is 10.2 Å². The quantitative estimate of drug-likeness (QED) is 0.507. The molecule has 1 aromatic carbocycles. The van der Waals surface area contributed by atoms with Crippen LogP contribution in [0.5, 0.6) is 0 Å².